The molecule has 1 heterocycles. The number of nitrogens with one attached hydrogen (secondary N) is 1. The van der Waals surface area contributed by atoms with Crippen LogP contribution in [0.4, 0.5) is 10.1 Å². The molecule has 0 aliphatic carbocycles. The molecule has 0 unspecified atom stereocenters. The molecule has 2 amide bonds. The maximum absolute atomic E-state index is 14.9. The molecule has 10 heteroatoms. The van der Waals surface area contributed by atoms with Gasteiger partial charge in [0.05, 0.1) is 19.7 Å². The van der Waals surface area contributed by atoms with Crippen molar-refractivity contribution in [2.75, 3.05) is 19.1 Å². The van der Waals surface area contributed by atoms with Crippen LogP contribution in [0, 0.1) is 12.7 Å². The van der Waals surface area contributed by atoms with E-state index in [2.05, 4.69) is 15.6 Å². The standard InChI is InChI=1S/C29H32FN5O4/c1-18-14-15-19(16-21(18)30)35(25(36)17-34-23-12-8-7-11-22(23)32-33-34)26(28(37)31-29(2,3)4)20-10-9-13-24(38-5)27(20)39-6/h7-16,26H,17H2,1-6H3,(H,31,37)/t26-/m0/s1. The largest absolute Gasteiger partial charge is 0.493 e. The summed E-state index contributed by atoms with van der Waals surface area (Å²) in [5.74, 6) is -0.831. The second-order valence-corrected chi connectivity index (χ2v) is 10.2. The average Bonchev–Trinajstić information content (AvgIpc) is 3.29. The average molecular weight is 534 g/mol. The van der Waals surface area contributed by atoms with Crippen LogP contribution in [0.25, 0.3) is 11.0 Å². The third-order valence-corrected chi connectivity index (χ3v) is 6.14. The number of fused-ring (bicyclic) bond motifs is 1. The van der Waals surface area contributed by atoms with Gasteiger partial charge in [0.2, 0.25) is 11.8 Å². The first kappa shape index (κ1) is 27.6. The maximum atomic E-state index is 14.9. The molecule has 1 N–H and O–H groups in total. The van der Waals surface area contributed by atoms with Crippen LogP contribution in [0.15, 0.2) is 60.7 Å². The highest BCUT2D eigenvalue weighted by Crippen LogP contribution is 2.39. The van der Waals surface area contributed by atoms with Gasteiger partial charge in [0.15, 0.2) is 11.5 Å². The zero-order valence-corrected chi connectivity index (χ0v) is 22.9. The molecule has 39 heavy (non-hydrogen) atoms. The van der Waals surface area contributed by atoms with Gasteiger partial charge in [-0.25, -0.2) is 9.07 Å². The van der Waals surface area contributed by atoms with E-state index in [9.17, 15) is 14.0 Å². The number of anilines is 1. The van der Waals surface area contributed by atoms with E-state index in [1.54, 1.807) is 49.4 Å². The number of aromatic nitrogens is 3. The first-order chi connectivity index (χ1) is 18.5. The van der Waals surface area contributed by atoms with Crippen molar-refractivity contribution in [3.63, 3.8) is 0 Å². The Hall–Kier alpha value is -4.47. The molecule has 4 rings (SSSR count). The topological polar surface area (TPSA) is 98.6 Å². The predicted octanol–water partition coefficient (Wildman–Crippen LogP) is 4.59. The molecule has 0 radical (unpaired) electrons. The molecule has 0 aliphatic rings. The lowest BCUT2D eigenvalue weighted by Crippen LogP contribution is -2.50. The molecule has 0 aliphatic heterocycles. The number of rotatable bonds is 8. The number of carbonyl (C=O) groups is 2. The minimum atomic E-state index is -1.24. The lowest BCUT2D eigenvalue weighted by Gasteiger charge is -2.34. The Morgan fingerprint density at radius 3 is 2.46 bits per heavy atom. The van der Waals surface area contributed by atoms with Crippen LogP contribution < -0.4 is 19.7 Å². The summed E-state index contributed by atoms with van der Waals surface area (Å²) in [5.41, 5.74) is 1.62. The van der Waals surface area contributed by atoms with E-state index in [0.29, 0.717) is 27.9 Å². The molecule has 0 saturated carbocycles. The Kier molecular flexibility index (Phi) is 7.85. The van der Waals surface area contributed by atoms with Gasteiger partial charge in [-0.05, 0) is 63.6 Å². The van der Waals surface area contributed by atoms with E-state index < -0.39 is 29.2 Å². The van der Waals surface area contributed by atoms with Crippen LogP contribution in [0.1, 0.15) is 37.9 Å². The van der Waals surface area contributed by atoms with Gasteiger partial charge in [-0.15, -0.1) is 5.10 Å². The number of para-hydroxylation sites is 2. The number of hydrogen-bond acceptors (Lipinski definition) is 6. The Labute approximate surface area is 226 Å². The van der Waals surface area contributed by atoms with Crippen LogP contribution in [-0.2, 0) is 16.1 Å². The normalized spacial score (nSPS) is 12.2. The number of ether oxygens (including phenoxy) is 2. The summed E-state index contributed by atoms with van der Waals surface area (Å²) in [5, 5.41) is 11.2. The van der Waals surface area contributed by atoms with Crippen LogP contribution in [-0.4, -0.2) is 46.6 Å². The van der Waals surface area contributed by atoms with Gasteiger partial charge in [-0.2, -0.15) is 0 Å². The molecule has 204 valence electrons. The van der Waals surface area contributed by atoms with E-state index in [1.807, 2.05) is 32.9 Å². The molecular formula is C29H32FN5O4. The zero-order valence-electron chi connectivity index (χ0n) is 22.9. The molecule has 0 fully saturated rings. The summed E-state index contributed by atoms with van der Waals surface area (Å²) < 4.78 is 27.5. The fourth-order valence-electron chi connectivity index (χ4n) is 4.37. The number of aryl methyl sites for hydroxylation is 1. The SMILES string of the molecule is COc1cccc([C@@H](C(=O)NC(C)(C)C)N(C(=O)Cn2nnc3ccccc32)c2ccc(C)c(F)c2)c1OC. The summed E-state index contributed by atoms with van der Waals surface area (Å²) in [6.07, 6.45) is 0. The van der Waals surface area contributed by atoms with Gasteiger partial charge < -0.3 is 14.8 Å². The Morgan fingerprint density at radius 2 is 1.79 bits per heavy atom. The lowest BCUT2D eigenvalue weighted by molar-refractivity contribution is -0.128. The molecule has 1 aromatic heterocycles. The summed E-state index contributed by atoms with van der Waals surface area (Å²) in [6.45, 7) is 6.89. The van der Waals surface area contributed by atoms with Gasteiger partial charge >= 0.3 is 0 Å². The van der Waals surface area contributed by atoms with Crippen LogP contribution in [0.2, 0.25) is 0 Å². The van der Waals surface area contributed by atoms with E-state index in [-0.39, 0.29) is 18.0 Å². The summed E-state index contributed by atoms with van der Waals surface area (Å²) in [7, 11) is 2.94. The van der Waals surface area contributed by atoms with Crippen molar-refractivity contribution in [3.05, 3.63) is 77.6 Å². The lowest BCUT2D eigenvalue weighted by atomic mass is 9.99. The smallest absolute Gasteiger partial charge is 0.249 e. The summed E-state index contributed by atoms with van der Waals surface area (Å²) in [4.78, 5) is 29.4. The molecule has 0 spiro atoms. The maximum Gasteiger partial charge on any atom is 0.249 e. The highest BCUT2D eigenvalue weighted by molar-refractivity contribution is 6.02. The minimum absolute atomic E-state index is 0.200. The highest BCUT2D eigenvalue weighted by Gasteiger charge is 2.37. The predicted molar refractivity (Wildman–Crippen MR) is 146 cm³/mol. The van der Waals surface area contributed by atoms with E-state index in [1.165, 1.54) is 29.9 Å². The van der Waals surface area contributed by atoms with Crippen LogP contribution in [0.3, 0.4) is 0 Å². The van der Waals surface area contributed by atoms with Gasteiger partial charge in [-0.1, -0.05) is 35.5 Å². The number of nitrogens with zero attached hydrogens (tertiary/aromatic N) is 4. The second kappa shape index (κ2) is 11.1. The van der Waals surface area contributed by atoms with Crippen LogP contribution >= 0.6 is 0 Å². The number of hydrogen-bond donors (Lipinski definition) is 1. The minimum Gasteiger partial charge on any atom is -0.493 e. The Balaban J connectivity index is 1.92. The molecule has 3 aromatic carbocycles. The third kappa shape index (κ3) is 5.84. The van der Waals surface area contributed by atoms with Crippen molar-refractivity contribution in [3.8, 4) is 11.5 Å². The zero-order chi connectivity index (χ0) is 28.3. The first-order valence-corrected chi connectivity index (χ1v) is 12.4. The van der Waals surface area contributed by atoms with E-state index >= 15 is 0 Å². The first-order valence-electron chi connectivity index (χ1n) is 12.4. The van der Waals surface area contributed by atoms with Gasteiger partial charge in [-0.3, -0.25) is 14.5 Å². The number of carbonyl (C=O) groups excluding carboxylic acids is 2. The van der Waals surface area contributed by atoms with Crippen LogP contribution in [0.5, 0.6) is 11.5 Å². The summed E-state index contributed by atoms with van der Waals surface area (Å²) >= 11 is 0. The van der Waals surface area contributed by atoms with E-state index in [0.717, 1.165) is 0 Å². The Bertz CT molecular complexity index is 1510. The number of amides is 2. The van der Waals surface area contributed by atoms with Crippen molar-refractivity contribution < 1.29 is 23.5 Å². The van der Waals surface area contributed by atoms with Crippen molar-refractivity contribution in [2.45, 2.75) is 45.8 Å². The molecule has 0 saturated heterocycles. The molecule has 4 aromatic rings. The van der Waals surface area contributed by atoms with Crippen molar-refractivity contribution in [2.24, 2.45) is 0 Å². The van der Waals surface area contributed by atoms with Gasteiger partial charge in [0.25, 0.3) is 0 Å². The van der Waals surface area contributed by atoms with Crippen molar-refractivity contribution >= 4 is 28.5 Å². The number of methoxy groups -OCH3 is 2. The van der Waals surface area contributed by atoms with Gasteiger partial charge in [0.1, 0.15) is 23.9 Å². The highest BCUT2D eigenvalue weighted by atomic mass is 19.1. The van der Waals surface area contributed by atoms with Crippen molar-refractivity contribution in [1.82, 2.24) is 20.3 Å². The van der Waals surface area contributed by atoms with E-state index in [4.69, 9.17) is 9.47 Å². The quantitative estimate of drug-likeness (QED) is 0.356. The number of halogens is 1. The second-order valence-electron chi connectivity index (χ2n) is 10.2. The third-order valence-electron chi connectivity index (χ3n) is 6.14. The molecule has 1 atom stereocenters. The van der Waals surface area contributed by atoms with Gasteiger partial charge in [0, 0.05) is 16.8 Å². The molecule has 0 bridgehead atoms. The summed E-state index contributed by atoms with van der Waals surface area (Å²) in [6, 6.07) is 15.5. The number of benzene rings is 3. The monoisotopic (exact) mass is 533 g/mol. The molecule has 9 nitrogen and oxygen atoms in total. The fraction of sp³-hybridized carbons (Fsp3) is 0.310. The molecular weight excluding hydrogens is 501 g/mol. The Morgan fingerprint density at radius 1 is 1.05 bits per heavy atom. The van der Waals surface area contributed by atoms with Crippen molar-refractivity contribution in [1.29, 1.82) is 0 Å². The fourth-order valence-corrected chi connectivity index (χ4v) is 4.37.